The fourth-order valence-corrected chi connectivity index (χ4v) is 3.14. The zero-order valence-electron chi connectivity index (χ0n) is 13.0. The second kappa shape index (κ2) is 8.02. The number of ether oxygens (including phenoxy) is 2. The summed E-state index contributed by atoms with van der Waals surface area (Å²) in [6.45, 7) is 0.136. The molecule has 1 fully saturated rings. The lowest BCUT2D eigenvalue weighted by molar-refractivity contribution is -0.125. The van der Waals surface area contributed by atoms with E-state index >= 15 is 0 Å². The van der Waals surface area contributed by atoms with Gasteiger partial charge in [-0.3, -0.25) is 9.59 Å². The molecule has 126 valence electrons. The van der Waals surface area contributed by atoms with E-state index in [1.54, 1.807) is 0 Å². The second-order valence-electron chi connectivity index (χ2n) is 5.07. The van der Waals surface area contributed by atoms with Gasteiger partial charge in [-0.25, -0.2) is 9.78 Å². The maximum atomic E-state index is 12.3. The van der Waals surface area contributed by atoms with E-state index in [1.807, 2.05) is 0 Å². The molecule has 1 unspecified atom stereocenters. The Bertz CT molecular complexity index is 601. The van der Waals surface area contributed by atoms with E-state index in [9.17, 15) is 14.4 Å². The summed E-state index contributed by atoms with van der Waals surface area (Å²) in [7, 11) is 2.76. The normalized spacial score (nSPS) is 18.0. The van der Waals surface area contributed by atoms with Crippen LogP contribution in [0.15, 0.2) is 0 Å². The average molecular weight is 341 g/mol. The van der Waals surface area contributed by atoms with E-state index in [1.165, 1.54) is 14.2 Å². The molecule has 1 aliphatic rings. The molecule has 2 amide bonds. The summed E-state index contributed by atoms with van der Waals surface area (Å²) >= 11 is 1.02. The van der Waals surface area contributed by atoms with Crippen molar-refractivity contribution in [2.45, 2.75) is 38.3 Å². The Labute approximate surface area is 137 Å². The number of hydrogen-bond acceptors (Lipinski definition) is 7. The van der Waals surface area contributed by atoms with Crippen molar-refractivity contribution < 1.29 is 23.9 Å². The van der Waals surface area contributed by atoms with Gasteiger partial charge in [0.05, 0.1) is 19.4 Å². The van der Waals surface area contributed by atoms with Gasteiger partial charge < -0.3 is 20.1 Å². The molecule has 2 heterocycles. The number of methoxy groups -OCH3 is 2. The highest BCUT2D eigenvalue weighted by Gasteiger charge is 2.25. The van der Waals surface area contributed by atoms with Gasteiger partial charge in [0.15, 0.2) is 5.13 Å². The van der Waals surface area contributed by atoms with E-state index in [0.717, 1.165) is 24.2 Å². The molecular formula is C14H19N3O5S. The third-order valence-corrected chi connectivity index (χ3v) is 4.37. The third-order valence-electron chi connectivity index (χ3n) is 3.38. The molecule has 2 N–H and O–H groups in total. The fraction of sp³-hybridized carbons (Fsp3) is 0.571. The maximum absolute atomic E-state index is 12.3. The molecule has 1 aromatic heterocycles. The van der Waals surface area contributed by atoms with Crippen molar-refractivity contribution in [3.8, 4) is 0 Å². The third kappa shape index (κ3) is 4.49. The molecule has 9 heteroatoms. The number of rotatable bonds is 5. The monoisotopic (exact) mass is 341 g/mol. The van der Waals surface area contributed by atoms with E-state index in [4.69, 9.17) is 9.47 Å². The van der Waals surface area contributed by atoms with Crippen LogP contribution in [0.4, 0.5) is 5.13 Å². The first-order valence-electron chi connectivity index (χ1n) is 7.22. The van der Waals surface area contributed by atoms with Crippen LogP contribution in [0, 0.1) is 0 Å². The topological polar surface area (TPSA) is 107 Å². The second-order valence-corrected chi connectivity index (χ2v) is 6.07. The van der Waals surface area contributed by atoms with Crippen molar-refractivity contribution >= 4 is 34.3 Å². The summed E-state index contributed by atoms with van der Waals surface area (Å²) in [5.41, 5.74) is 0.407. The van der Waals surface area contributed by atoms with Gasteiger partial charge >= 0.3 is 5.97 Å². The molecule has 0 saturated carbocycles. The van der Waals surface area contributed by atoms with E-state index < -0.39 is 12.0 Å². The smallest absolute Gasteiger partial charge is 0.350 e. The predicted octanol–water partition coefficient (Wildman–Crippen LogP) is 1.07. The largest absolute Gasteiger partial charge is 0.465 e. The van der Waals surface area contributed by atoms with Crippen LogP contribution in [0.3, 0.4) is 0 Å². The number of hydrogen-bond donors (Lipinski definition) is 2. The van der Waals surface area contributed by atoms with Gasteiger partial charge in [0, 0.05) is 13.5 Å². The zero-order valence-corrected chi connectivity index (χ0v) is 13.8. The quantitative estimate of drug-likeness (QED) is 0.776. The molecule has 1 atom stereocenters. The van der Waals surface area contributed by atoms with Crippen molar-refractivity contribution in [1.29, 1.82) is 0 Å². The minimum Gasteiger partial charge on any atom is -0.465 e. The molecule has 0 bridgehead atoms. The number of nitrogens with one attached hydrogen (secondary N) is 2. The Kier molecular flexibility index (Phi) is 6.05. The lowest BCUT2D eigenvalue weighted by atomic mass is 10.1. The van der Waals surface area contributed by atoms with Crippen LogP contribution in [0.1, 0.15) is 41.0 Å². The number of anilines is 1. The first kappa shape index (κ1) is 17.4. The van der Waals surface area contributed by atoms with E-state index in [-0.39, 0.29) is 28.4 Å². The highest BCUT2D eigenvalue weighted by Crippen LogP contribution is 2.25. The molecule has 2 rings (SSSR count). The van der Waals surface area contributed by atoms with Crippen molar-refractivity contribution in [3.63, 3.8) is 0 Å². The maximum Gasteiger partial charge on any atom is 0.350 e. The first-order chi connectivity index (χ1) is 11.0. The van der Waals surface area contributed by atoms with Gasteiger partial charge in [-0.05, 0) is 12.8 Å². The number of aromatic nitrogens is 1. The summed E-state index contributed by atoms with van der Waals surface area (Å²) in [5, 5.41) is 5.62. The van der Waals surface area contributed by atoms with Crippen LogP contribution >= 0.6 is 11.3 Å². The number of carbonyl (C=O) groups excluding carboxylic acids is 3. The van der Waals surface area contributed by atoms with E-state index in [2.05, 4.69) is 15.6 Å². The minimum atomic E-state index is -0.582. The van der Waals surface area contributed by atoms with Crippen LogP contribution in [0.5, 0.6) is 0 Å². The number of carbonyl (C=O) groups is 3. The number of esters is 1. The van der Waals surface area contributed by atoms with Crippen LogP contribution in [-0.2, 0) is 25.7 Å². The fourth-order valence-electron chi connectivity index (χ4n) is 2.25. The Balaban J connectivity index is 2.10. The van der Waals surface area contributed by atoms with Gasteiger partial charge in [0.2, 0.25) is 11.8 Å². The number of nitrogens with zero attached hydrogens (tertiary/aromatic N) is 1. The number of thiazole rings is 1. The van der Waals surface area contributed by atoms with Gasteiger partial charge in [0.25, 0.3) is 0 Å². The average Bonchev–Trinajstić information content (AvgIpc) is 2.78. The summed E-state index contributed by atoms with van der Waals surface area (Å²) in [5.74, 6) is -0.996. The Morgan fingerprint density at radius 1 is 1.39 bits per heavy atom. The first-order valence-corrected chi connectivity index (χ1v) is 8.04. The number of amides is 2. The molecule has 1 saturated heterocycles. The minimum absolute atomic E-state index is 0.128. The van der Waals surface area contributed by atoms with Crippen molar-refractivity contribution in [2.75, 3.05) is 19.5 Å². The predicted molar refractivity (Wildman–Crippen MR) is 83.2 cm³/mol. The SMILES string of the molecule is COCc1nc(NC(=O)C2CCCCC(=O)N2)sc1C(=O)OC. The molecule has 0 spiro atoms. The Morgan fingerprint density at radius 2 is 2.17 bits per heavy atom. The summed E-state index contributed by atoms with van der Waals surface area (Å²) < 4.78 is 9.69. The van der Waals surface area contributed by atoms with Crippen LogP contribution in [-0.4, -0.2) is 43.0 Å². The van der Waals surface area contributed by atoms with Crippen LogP contribution in [0.25, 0.3) is 0 Å². The van der Waals surface area contributed by atoms with Crippen molar-refractivity contribution in [1.82, 2.24) is 10.3 Å². The van der Waals surface area contributed by atoms with E-state index in [0.29, 0.717) is 18.5 Å². The lowest BCUT2D eigenvalue weighted by Crippen LogP contribution is -2.42. The molecular weight excluding hydrogens is 322 g/mol. The lowest BCUT2D eigenvalue weighted by Gasteiger charge is -2.14. The van der Waals surface area contributed by atoms with Crippen molar-refractivity contribution in [3.05, 3.63) is 10.6 Å². The van der Waals surface area contributed by atoms with Crippen molar-refractivity contribution in [2.24, 2.45) is 0 Å². The molecule has 8 nitrogen and oxygen atoms in total. The van der Waals surface area contributed by atoms with Crippen LogP contribution in [0.2, 0.25) is 0 Å². The highest BCUT2D eigenvalue weighted by molar-refractivity contribution is 7.17. The molecule has 0 aromatic carbocycles. The van der Waals surface area contributed by atoms with Gasteiger partial charge in [-0.15, -0.1) is 0 Å². The summed E-state index contributed by atoms with van der Waals surface area (Å²) in [6.07, 6.45) is 2.59. The summed E-state index contributed by atoms with van der Waals surface area (Å²) in [6, 6.07) is -0.582. The van der Waals surface area contributed by atoms with Crippen LogP contribution < -0.4 is 10.6 Å². The molecule has 0 radical (unpaired) electrons. The summed E-state index contributed by atoms with van der Waals surface area (Å²) in [4.78, 5) is 40.0. The molecule has 23 heavy (non-hydrogen) atoms. The zero-order chi connectivity index (χ0) is 16.8. The molecule has 1 aromatic rings. The molecule has 0 aliphatic carbocycles. The molecule has 1 aliphatic heterocycles. The standard InChI is InChI=1S/C14H19N3O5S/c1-21-7-9-11(13(20)22-2)23-14(16-9)17-12(19)8-5-3-4-6-10(18)15-8/h8H,3-7H2,1-2H3,(H,15,18)(H,16,17,19). The van der Waals surface area contributed by atoms with Gasteiger partial charge in [0.1, 0.15) is 10.9 Å². The van der Waals surface area contributed by atoms with Gasteiger partial charge in [-0.1, -0.05) is 17.8 Å². The Hall–Kier alpha value is -2.00. The highest BCUT2D eigenvalue weighted by atomic mass is 32.1. The Morgan fingerprint density at radius 3 is 2.87 bits per heavy atom. The van der Waals surface area contributed by atoms with Gasteiger partial charge in [-0.2, -0.15) is 0 Å².